The molecule has 2 aliphatic rings. The lowest BCUT2D eigenvalue weighted by atomic mass is 9.97. The van der Waals surface area contributed by atoms with Gasteiger partial charge >= 0.3 is 0 Å². The van der Waals surface area contributed by atoms with E-state index in [2.05, 4.69) is 12.1 Å². The molecule has 6 heteroatoms. The van der Waals surface area contributed by atoms with Gasteiger partial charge in [0, 0.05) is 25.2 Å². The van der Waals surface area contributed by atoms with Crippen LogP contribution < -0.4 is 9.47 Å². The third kappa shape index (κ3) is 4.00. The van der Waals surface area contributed by atoms with Gasteiger partial charge in [-0.15, -0.1) is 0 Å². The predicted molar refractivity (Wildman–Crippen MR) is 129 cm³/mol. The number of rotatable bonds is 6. The number of carbonyl (C=O) groups excluding carboxylic acids is 2. The van der Waals surface area contributed by atoms with Gasteiger partial charge in [-0.3, -0.25) is 9.59 Å². The van der Waals surface area contributed by atoms with Crippen molar-refractivity contribution < 1.29 is 19.1 Å². The zero-order chi connectivity index (χ0) is 23.7. The minimum atomic E-state index is -0.413. The summed E-state index contributed by atoms with van der Waals surface area (Å²) in [6.45, 7) is 1.76. The lowest BCUT2D eigenvalue weighted by molar-refractivity contribution is -0.133. The van der Waals surface area contributed by atoms with E-state index < -0.39 is 6.04 Å². The fourth-order valence-corrected chi connectivity index (χ4v) is 5.00. The van der Waals surface area contributed by atoms with Gasteiger partial charge in [-0.2, -0.15) is 0 Å². The Morgan fingerprint density at radius 2 is 1.59 bits per heavy atom. The Bertz CT molecular complexity index is 1240. The minimum Gasteiger partial charge on any atom is -0.493 e. The monoisotopic (exact) mass is 456 g/mol. The van der Waals surface area contributed by atoms with Crippen molar-refractivity contribution in [1.29, 1.82) is 0 Å². The van der Waals surface area contributed by atoms with Crippen LogP contribution in [0.25, 0.3) is 0 Å². The highest BCUT2D eigenvalue weighted by atomic mass is 16.5. The van der Waals surface area contributed by atoms with Crippen LogP contribution in [-0.4, -0.2) is 42.4 Å². The van der Waals surface area contributed by atoms with Crippen molar-refractivity contribution in [3.8, 4) is 11.5 Å². The molecule has 5 rings (SSSR count). The van der Waals surface area contributed by atoms with Crippen molar-refractivity contribution in [2.24, 2.45) is 0 Å². The van der Waals surface area contributed by atoms with Gasteiger partial charge in [0.2, 0.25) is 5.91 Å². The summed E-state index contributed by atoms with van der Waals surface area (Å²) in [7, 11) is 3.18. The second-order valence-corrected chi connectivity index (χ2v) is 8.76. The van der Waals surface area contributed by atoms with Gasteiger partial charge in [0.15, 0.2) is 11.5 Å². The van der Waals surface area contributed by atoms with E-state index in [0.29, 0.717) is 36.7 Å². The molecule has 0 aliphatic carbocycles. The van der Waals surface area contributed by atoms with Crippen LogP contribution in [0.3, 0.4) is 0 Å². The largest absolute Gasteiger partial charge is 0.493 e. The van der Waals surface area contributed by atoms with Crippen LogP contribution in [0.4, 0.5) is 0 Å². The summed E-state index contributed by atoms with van der Waals surface area (Å²) in [5, 5.41) is 0. The molecule has 3 aromatic carbocycles. The summed E-state index contributed by atoms with van der Waals surface area (Å²) in [5.41, 5.74) is 5.02. The Hall–Kier alpha value is -3.80. The molecule has 0 aromatic heterocycles. The smallest absolute Gasteiger partial charge is 0.255 e. The van der Waals surface area contributed by atoms with Crippen molar-refractivity contribution >= 4 is 11.8 Å². The van der Waals surface area contributed by atoms with E-state index in [9.17, 15) is 9.59 Å². The number of ether oxygens (including phenoxy) is 2. The van der Waals surface area contributed by atoms with Gasteiger partial charge in [0.25, 0.3) is 5.91 Å². The summed E-state index contributed by atoms with van der Waals surface area (Å²) >= 11 is 0. The molecule has 0 fully saturated rings. The van der Waals surface area contributed by atoms with Crippen molar-refractivity contribution in [2.75, 3.05) is 20.8 Å². The normalized spacial score (nSPS) is 15.5. The van der Waals surface area contributed by atoms with E-state index in [1.54, 1.807) is 14.2 Å². The summed E-state index contributed by atoms with van der Waals surface area (Å²) in [4.78, 5) is 30.6. The summed E-state index contributed by atoms with van der Waals surface area (Å²) in [6.07, 6.45) is 1.05. The SMILES string of the molecule is COc1ccc([C@H](CC(=O)N2CCc3ccccc3C2)N2Cc3ccccc3C2=O)cc1OC. The molecule has 174 valence electrons. The zero-order valence-electron chi connectivity index (χ0n) is 19.5. The quantitative estimate of drug-likeness (QED) is 0.553. The Morgan fingerprint density at radius 3 is 2.32 bits per heavy atom. The molecule has 0 radical (unpaired) electrons. The number of benzene rings is 3. The fourth-order valence-electron chi connectivity index (χ4n) is 5.00. The highest BCUT2D eigenvalue weighted by Crippen LogP contribution is 2.38. The highest BCUT2D eigenvalue weighted by Gasteiger charge is 2.36. The van der Waals surface area contributed by atoms with E-state index in [1.165, 1.54) is 11.1 Å². The first kappa shape index (κ1) is 22.0. The molecule has 0 saturated carbocycles. The molecule has 6 nitrogen and oxygen atoms in total. The molecule has 0 saturated heterocycles. The predicted octanol–water partition coefficient (Wildman–Crippen LogP) is 4.38. The Kier molecular flexibility index (Phi) is 5.97. The number of hydrogen-bond acceptors (Lipinski definition) is 4. The third-order valence-corrected chi connectivity index (χ3v) is 6.87. The first-order valence-electron chi connectivity index (χ1n) is 11.5. The highest BCUT2D eigenvalue weighted by molar-refractivity contribution is 5.98. The molecule has 2 aliphatic heterocycles. The van der Waals surface area contributed by atoms with Crippen LogP contribution in [0.1, 0.15) is 45.1 Å². The number of carbonyl (C=O) groups is 2. The summed E-state index contributed by atoms with van der Waals surface area (Å²) in [6, 6.07) is 21.1. The average Bonchev–Trinajstić information content (AvgIpc) is 3.22. The lowest BCUT2D eigenvalue weighted by Gasteiger charge is -2.33. The van der Waals surface area contributed by atoms with E-state index in [0.717, 1.165) is 17.5 Å². The van der Waals surface area contributed by atoms with E-state index in [1.807, 2.05) is 64.4 Å². The van der Waals surface area contributed by atoms with Crippen LogP contribution in [-0.2, 0) is 24.3 Å². The van der Waals surface area contributed by atoms with Gasteiger partial charge in [-0.1, -0.05) is 48.5 Å². The number of amides is 2. The van der Waals surface area contributed by atoms with Gasteiger partial charge in [0.05, 0.1) is 26.7 Å². The van der Waals surface area contributed by atoms with Crippen molar-refractivity contribution in [2.45, 2.75) is 32.0 Å². The van der Waals surface area contributed by atoms with Gasteiger partial charge in [-0.05, 0) is 46.9 Å². The first-order valence-corrected chi connectivity index (χ1v) is 11.5. The zero-order valence-corrected chi connectivity index (χ0v) is 19.5. The topological polar surface area (TPSA) is 59.1 Å². The number of hydrogen-bond donors (Lipinski definition) is 0. The maximum Gasteiger partial charge on any atom is 0.255 e. The van der Waals surface area contributed by atoms with E-state index in [4.69, 9.17) is 9.47 Å². The molecule has 3 aromatic rings. The Labute approximate surface area is 199 Å². The molecule has 1 atom stereocenters. The molecule has 0 spiro atoms. The summed E-state index contributed by atoms with van der Waals surface area (Å²) in [5.74, 6) is 1.18. The molecule has 2 amide bonds. The van der Waals surface area contributed by atoms with Gasteiger partial charge in [0.1, 0.15) is 0 Å². The van der Waals surface area contributed by atoms with Gasteiger partial charge in [-0.25, -0.2) is 0 Å². The van der Waals surface area contributed by atoms with Crippen molar-refractivity contribution in [3.63, 3.8) is 0 Å². The second kappa shape index (κ2) is 9.21. The van der Waals surface area contributed by atoms with Crippen molar-refractivity contribution in [1.82, 2.24) is 9.80 Å². The maximum atomic E-state index is 13.5. The maximum absolute atomic E-state index is 13.5. The Balaban J connectivity index is 1.45. The number of fused-ring (bicyclic) bond motifs is 2. The third-order valence-electron chi connectivity index (χ3n) is 6.87. The van der Waals surface area contributed by atoms with Crippen LogP contribution >= 0.6 is 0 Å². The molecular formula is C28H28N2O4. The number of nitrogens with zero attached hydrogens (tertiary/aromatic N) is 2. The minimum absolute atomic E-state index is 0.0399. The molecule has 2 heterocycles. The van der Waals surface area contributed by atoms with Crippen LogP contribution in [0.15, 0.2) is 66.7 Å². The second-order valence-electron chi connectivity index (χ2n) is 8.76. The van der Waals surface area contributed by atoms with E-state index in [-0.39, 0.29) is 18.2 Å². The van der Waals surface area contributed by atoms with E-state index >= 15 is 0 Å². The first-order chi connectivity index (χ1) is 16.6. The molecule has 0 N–H and O–H groups in total. The average molecular weight is 457 g/mol. The Morgan fingerprint density at radius 1 is 0.882 bits per heavy atom. The van der Waals surface area contributed by atoms with Crippen LogP contribution in [0.2, 0.25) is 0 Å². The molecule has 0 bridgehead atoms. The molecule has 0 unspecified atom stereocenters. The van der Waals surface area contributed by atoms with Crippen LogP contribution in [0.5, 0.6) is 11.5 Å². The lowest BCUT2D eigenvalue weighted by Crippen LogP contribution is -2.39. The standard InChI is InChI=1S/C28H28N2O4/c1-33-25-12-11-20(15-26(25)34-2)24(30-18-22-9-5-6-10-23(22)28(30)32)16-27(31)29-14-13-19-7-3-4-8-21(19)17-29/h3-12,15,24H,13-14,16-18H2,1-2H3/t24-/m0/s1. The van der Waals surface area contributed by atoms with Gasteiger partial charge < -0.3 is 19.3 Å². The summed E-state index contributed by atoms with van der Waals surface area (Å²) < 4.78 is 10.9. The molecular weight excluding hydrogens is 428 g/mol. The van der Waals surface area contributed by atoms with Crippen LogP contribution in [0, 0.1) is 0 Å². The van der Waals surface area contributed by atoms with Crippen molar-refractivity contribution in [3.05, 3.63) is 94.5 Å². The molecule has 34 heavy (non-hydrogen) atoms. The number of methoxy groups -OCH3 is 2. The fraction of sp³-hybridized carbons (Fsp3) is 0.286.